The third-order valence-electron chi connectivity index (χ3n) is 23.9. The molecule has 0 radical (unpaired) electrons. The van der Waals surface area contributed by atoms with Crippen LogP contribution in [0.4, 0.5) is 13.2 Å². The number of benzene rings is 20. The van der Waals surface area contributed by atoms with E-state index in [0.29, 0.717) is 0 Å². The predicted octanol–water partition coefficient (Wildman–Crippen LogP) is 34.1. The minimum absolute atomic E-state index is 0.151. The molecule has 0 N–H and O–H groups in total. The van der Waals surface area contributed by atoms with Crippen molar-refractivity contribution in [3.8, 4) is 89.0 Å². The quantitative estimate of drug-likeness (QED) is 0.133. The molecule has 0 atom stereocenters. The first-order valence-corrected chi connectivity index (χ1v) is 41.6. The van der Waals surface area contributed by atoms with Gasteiger partial charge in [0.2, 0.25) is 0 Å². The van der Waals surface area contributed by atoms with Crippen molar-refractivity contribution in [1.29, 1.82) is 0 Å². The fraction of sp³-hybridized carbons (Fsp3) is 0.111. The number of halogens is 3. The lowest BCUT2D eigenvalue weighted by molar-refractivity contribution is -0.137. The predicted molar refractivity (Wildman–Crippen MR) is 511 cm³/mol. The molecule has 20 rings (SSSR count). The molecule has 0 nitrogen and oxygen atoms in total. The maximum absolute atomic E-state index is 13.1. The van der Waals surface area contributed by atoms with Crippen molar-refractivity contribution < 1.29 is 13.2 Å². The molecular weight excluding hydrogens is 1460 g/mol. The second-order valence-electron chi connectivity index (χ2n) is 33.4. The van der Waals surface area contributed by atoms with Crippen molar-refractivity contribution in [2.24, 2.45) is 0 Å². The van der Waals surface area contributed by atoms with Gasteiger partial charge in [-0.2, -0.15) is 13.2 Å². The Kier molecular flexibility index (Phi) is 21.7. The third-order valence-corrected chi connectivity index (χ3v) is 23.9. The van der Waals surface area contributed by atoms with Crippen molar-refractivity contribution in [2.75, 3.05) is 0 Å². The van der Waals surface area contributed by atoms with Gasteiger partial charge in [0.25, 0.3) is 0 Å². The summed E-state index contributed by atoms with van der Waals surface area (Å²) in [5, 5.41) is 19.9. The summed E-state index contributed by atoms with van der Waals surface area (Å²) in [5.74, 6) is 0. The number of rotatable bonds is 8. The van der Waals surface area contributed by atoms with Crippen molar-refractivity contribution in [2.45, 2.75) is 87.8 Å². The van der Waals surface area contributed by atoms with Crippen LogP contribution in [0.3, 0.4) is 0 Å². The van der Waals surface area contributed by atoms with Gasteiger partial charge in [-0.1, -0.05) is 418 Å². The van der Waals surface area contributed by atoms with Crippen LogP contribution >= 0.6 is 0 Å². The zero-order chi connectivity index (χ0) is 83.1. The van der Waals surface area contributed by atoms with E-state index in [4.69, 9.17) is 0 Å². The Morgan fingerprint density at radius 1 is 0.158 bits per heavy atom. The van der Waals surface area contributed by atoms with Crippen LogP contribution in [-0.2, 0) is 11.6 Å². The van der Waals surface area contributed by atoms with E-state index in [-0.39, 0.29) is 5.41 Å². The molecule has 584 valence electrons. The number of hydrogen-bond donors (Lipinski definition) is 0. The molecule has 20 aromatic carbocycles. The molecule has 0 aliphatic heterocycles. The highest BCUT2D eigenvalue weighted by atomic mass is 19.4. The Balaban J connectivity index is 0.000000114. The summed E-state index contributed by atoms with van der Waals surface area (Å²) >= 11 is 0. The van der Waals surface area contributed by atoms with Gasteiger partial charge in [0, 0.05) is 0 Å². The highest BCUT2D eigenvalue weighted by molar-refractivity contribution is 6.25. The van der Waals surface area contributed by atoms with Gasteiger partial charge in [-0.05, 0) is 265 Å². The van der Waals surface area contributed by atoms with E-state index in [2.05, 4.69) is 392 Å². The van der Waals surface area contributed by atoms with Crippen LogP contribution < -0.4 is 0 Å². The van der Waals surface area contributed by atoms with Crippen LogP contribution in [0, 0.1) is 55.4 Å². The van der Waals surface area contributed by atoms with Gasteiger partial charge in [-0.25, -0.2) is 0 Å². The number of aryl methyl sites for hydroxylation is 8. The zero-order valence-corrected chi connectivity index (χ0v) is 69.9. The Hall–Kier alpha value is -13.7. The molecule has 0 saturated heterocycles. The average molecular weight is 1560 g/mol. The van der Waals surface area contributed by atoms with Crippen molar-refractivity contribution >= 4 is 86.2 Å². The highest BCUT2D eigenvalue weighted by Gasteiger charge is 2.31. The molecule has 0 fully saturated rings. The topological polar surface area (TPSA) is 0 Å². The molecule has 0 aromatic heterocycles. The van der Waals surface area contributed by atoms with Gasteiger partial charge in [0.05, 0.1) is 5.56 Å². The second-order valence-corrected chi connectivity index (χ2v) is 33.4. The Morgan fingerprint density at radius 2 is 0.308 bits per heavy atom. The van der Waals surface area contributed by atoms with E-state index in [1.807, 2.05) is 36.4 Å². The molecule has 0 amide bonds. The molecular formula is C117H95F3. The van der Waals surface area contributed by atoms with Gasteiger partial charge in [0.15, 0.2) is 0 Å². The maximum atomic E-state index is 13.1. The monoisotopic (exact) mass is 1560 g/mol. The summed E-state index contributed by atoms with van der Waals surface area (Å²) in [6.07, 6.45) is -4.35. The van der Waals surface area contributed by atoms with E-state index in [0.717, 1.165) is 55.9 Å². The largest absolute Gasteiger partial charge is 0.416 e. The minimum Gasteiger partial charge on any atom is -0.166 e. The first kappa shape index (κ1) is 78.8. The summed E-state index contributed by atoms with van der Waals surface area (Å²) in [4.78, 5) is 0. The Bertz CT molecular complexity index is 6650. The molecule has 20 aromatic rings. The molecule has 0 bridgehead atoms. The summed E-state index contributed by atoms with van der Waals surface area (Å²) in [6, 6.07) is 133. The first-order valence-electron chi connectivity index (χ1n) is 41.6. The SMILES string of the molecule is Cc1ccc(-c2c3ccccc3c(-c3c(C)cc(C)cc3C)c3ccccc23)cc1.Cc1ccc(-c2c3ccccc3c(-c3ccc(C(C)(C)C)cc3)c3ccccc23)cc1.Cc1ccc(-c2c3ccccc3c(-c3ccc(C(F)(F)F)cc3)c3ccccc23)cc1.Cc1ccc(-c2c3ccccc3c(-c3ccc(C)cc3)c3ccccc23)cc1. The van der Waals surface area contributed by atoms with Crippen LogP contribution in [0.2, 0.25) is 0 Å². The summed E-state index contributed by atoms with van der Waals surface area (Å²) < 4.78 is 39.3. The van der Waals surface area contributed by atoms with Crippen molar-refractivity contribution in [3.63, 3.8) is 0 Å². The molecule has 3 heteroatoms. The van der Waals surface area contributed by atoms with E-state index in [1.165, 1.54) is 181 Å². The molecule has 0 aliphatic carbocycles. The fourth-order valence-corrected chi connectivity index (χ4v) is 18.1. The average Bonchev–Trinajstić information content (AvgIpc) is 0.746. The Labute approximate surface area is 703 Å². The number of fused-ring (bicyclic) bond motifs is 8. The lowest BCUT2D eigenvalue weighted by Crippen LogP contribution is -2.10. The van der Waals surface area contributed by atoms with Crippen LogP contribution in [0.5, 0.6) is 0 Å². The van der Waals surface area contributed by atoms with Gasteiger partial charge >= 0.3 is 6.18 Å². The molecule has 0 unspecified atom stereocenters. The van der Waals surface area contributed by atoms with Gasteiger partial charge in [-0.3, -0.25) is 0 Å². The molecule has 0 spiro atoms. The van der Waals surface area contributed by atoms with Gasteiger partial charge in [0.1, 0.15) is 0 Å². The lowest BCUT2D eigenvalue weighted by Gasteiger charge is -2.21. The smallest absolute Gasteiger partial charge is 0.166 e. The summed E-state index contributed by atoms with van der Waals surface area (Å²) in [6.45, 7) is 24.1. The van der Waals surface area contributed by atoms with Crippen LogP contribution in [0.15, 0.2) is 376 Å². The van der Waals surface area contributed by atoms with Crippen molar-refractivity contribution in [1.82, 2.24) is 0 Å². The summed E-state index contributed by atoms with van der Waals surface area (Å²) in [7, 11) is 0. The fourth-order valence-electron chi connectivity index (χ4n) is 18.1. The third kappa shape index (κ3) is 15.5. The number of hydrogen-bond acceptors (Lipinski definition) is 0. The molecule has 0 saturated carbocycles. The molecule has 120 heavy (non-hydrogen) atoms. The van der Waals surface area contributed by atoms with Crippen LogP contribution in [0.1, 0.15) is 76.4 Å². The maximum Gasteiger partial charge on any atom is 0.416 e. The van der Waals surface area contributed by atoms with E-state index < -0.39 is 11.7 Å². The second kappa shape index (κ2) is 33.0. The standard InChI is InChI=1S/C31H28.C30H26.C28H19F3.C28H22/c1-21-13-15-22(16-14-21)29-25-9-5-7-11-27(25)30(28-12-8-6-10-26(28)29)23-17-19-24(20-18-23)31(2,3)4;1-19-13-15-23(16-14-19)29-24-9-5-7-11-26(24)30(27-12-8-6-10-25(27)29)28-21(3)17-20(2)18-22(28)4;1-18-10-12-19(13-11-18)26-22-6-2-4-8-24(22)27(25-9-5-3-7-23(25)26)20-14-16-21(17-15-20)28(29,30)31;1-19-11-15-21(16-12-19)27-23-7-3-5-9-25(23)28(22-17-13-20(2)14-18-22)26-10-6-4-8-24(26)27/h5-20H,1-4H3;5-18H,1-4H3;2-17H,1H3;3-18H,1-2H3. The highest BCUT2D eigenvalue weighted by Crippen LogP contribution is 2.50. The minimum atomic E-state index is -4.35. The van der Waals surface area contributed by atoms with Crippen molar-refractivity contribution in [3.05, 3.63) is 432 Å². The first-order chi connectivity index (χ1) is 58.1. The number of alkyl halides is 3. The van der Waals surface area contributed by atoms with Crippen LogP contribution in [-0.4, -0.2) is 0 Å². The summed E-state index contributed by atoms with van der Waals surface area (Å²) in [5.41, 5.74) is 30.9. The normalized spacial score (nSPS) is 11.6. The zero-order valence-electron chi connectivity index (χ0n) is 69.9. The van der Waals surface area contributed by atoms with Gasteiger partial charge in [-0.15, -0.1) is 0 Å². The van der Waals surface area contributed by atoms with E-state index >= 15 is 0 Å². The van der Waals surface area contributed by atoms with Gasteiger partial charge < -0.3 is 0 Å². The molecule has 0 heterocycles. The lowest BCUT2D eigenvalue weighted by atomic mass is 9.83. The van der Waals surface area contributed by atoms with E-state index in [1.54, 1.807) is 12.1 Å². The molecule has 0 aliphatic rings. The Morgan fingerprint density at radius 3 is 0.467 bits per heavy atom. The van der Waals surface area contributed by atoms with Crippen LogP contribution in [0.25, 0.3) is 175 Å². The van der Waals surface area contributed by atoms with E-state index in [9.17, 15) is 13.2 Å².